The zero-order valence-corrected chi connectivity index (χ0v) is 36.8. The van der Waals surface area contributed by atoms with Crippen molar-refractivity contribution in [2.75, 3.05) is 13.2 Å². The molecule has 0 radical (unpaired) electrons. The Balaban J connectivity index is 0.000000378. The van der Waals surface area contributed by atoms with E-state index in [0.717, 1.165) is 24.7 Å². The molecule has 5 heterocycles. The molecule has 2 atom stereocenters. The van der Waals surface area contributed by atoms with Gasteiger partial charge in [-0.3, -0.25) is 0 Å². The molecule has 0 aliphatic rings. The maximum Gasteiger partial charge on any atom is 0.146 e. The van der Waals surface area contributed by atoms with Crippen LogP contribution in [0.3, 0.4) is 0 Å². The second kappa shape index (κ2) is 23.7. The maximum atomic E-state index is 6.63. The number of allylic oxidation sites excluding steroid dienone is 4. The Morgan fingerprint density at radius 1 is 0.528 bits per heavy atom. The van der Waals surface area contributed by atoms with Crippen molar-refractivity contribution in [3.05, 3.63) is 68.1 Å². The van der Waals surface area contributed by atoms with Crippen molar-refractivity contribution < 1.29 is 9.47 Å². The molecule has 53 heavy (non-hydrogen) atoms. The van der Waals surface area contributed by atoms with Crippen LogP contribution in [-0.4, -0.2) is 13.2 Å². The lowest BCUT2D eigenvalue weighted by molar-refractivity contribution is 0.235. The topological polar surface area (TPSA) is 18.5 Å². The lowest BCUT2D eigenvalue weighted by Crippen LogP contribution is -2.12. The minimum Gasteiger partial charge on any atom is -0.491 e. The molecule has 0 bridgehead atoms. The monoisotopic (exact) mass is 812 g/mol. The summed E-state index contributed by atoms with van der Waals surface area (Å²) in [7, 11) is 0. The molecule has 0 saturated heterocycles. The Bertz CT molecular complexity index is 1800. The summed E-state index contributed by atoms with van der Waals surface area (Å²) in [6.45, 7) is 23.5. The molecule has 0 aliphatic heterocycles. The van der Waals surface area contributed by atoms with E-state index >= 15 is 0 Å². The van der Waals surface area contributed by atoms with Crippen LogP contribution in [0.15, 0.2) is 48.6 Å². The number of fused-ring (bicyclic) bond motifs is 5. The number of rotatable bonds is 15. The smallest absolute Gasteiger partial charge is 0.146 e. The van der Waals surface area contributed by atoms with E-state index in [1.54, 1.807) is 0 Å². The zero-order valence-electron chi connectivity index (χ0n) is 32.7. The normalized spacial score (nSPS) is 12.5. The number of aryl methyl sites for hydroxylation is 4. The first-order valence-electron chi connectivity index (χ1n) is 19.0. The van der Waals surface area contributed by atoms with Crippen molar-refractivity contribution >= 4 is 95.7 Å². The van der Waals surface area contributed by atoms with E-state index in [1.807, 2.05) is 94.8 Å². The van der Waals surface area contributed by atoms with Crippen LogP contribution in [0, 0.1) is 39.5 Å². The molecule has 5 aromatic heterocycles. The van der Waals surface area contributed by atoms with Gasteiger partial charge in [0.25, 0.3) is 0 Å². The minimum absolute atomic E-state index is 0. The van der Waals surface area contributed by atoms with E-state index in [2.05, 4.69) is 79.7 Å². The van der Waals surface area contributed by atoms with Gasteiger partial charge in [-0.25, -0.2) is 0 Å². The van der Waals surface area contributed by atoms with Gasteiger partial charge < -0.3 is 9.47 Å². The average Bonchev–Trinajstić information content (AvgIpc) is 3.92. The molecule has 0 N–H and O–H groups in total. The number of unbranched alkanes of at least 4 members (excludes halogenated alkanes) is 2. The van der Waals surface area contributed by atoms with E-state index in [9.17, 15) is 0 Å². The summed E-state index contributed by atoms with van der Waals surface area (Å²) in [4.78, 5) is 5.49. The van der Waals surface area contributed by atoms with Gasteiger partial charge in [0.1, 0.15) is 11.5 Å². The van der Waals surface area contributed by atoms with Gasteiger partial charge in [-0.2, -0.15) is 0 Å². The molecular formula is C46H68O2S5. The number of hydrogen-bond donors (Lipinski definition) is 0. The summed E-state index contributed by atoms with van der Waals surface area (Å²) in [6, 6.07) is 9.20. The number of ether oxygens (including phenoxy) is 2. The Morgan fingerprint density at radius 2 is 0.887 bits per heavy atom. The van der Waals surface area contributed by atoms with Gasteiger partial charge in [-0.15, -0.1) is 56.7 Å². The van der Waals surface area contributed by atoms with Crippen LogP contribution in [-0.2, 0) is 0 Å². The molecule has 2 unspecified atom stereocenters. The van der Waals surface area contributed by atoms with Crippen molar-refractivity contribution in [2.45, 2.75) is 135 Å². The highest BCUT2D eigenvalue weighted by Crippen LogP contribution is 2.50. The summed E-state index contributed by atoms with van der Waals surface area (Å²) in [5, 5.41) is 2.48. The van der Waals surface area contributed by atoms with E-state index < -0.39 is 0 Å². The van der Waals surface area contributed by atoms with Gasteiger partial charge in [-0.05, 0) is 90.5 Å². The van der Waals surface area contributed by atoms with Crippen molar-refractivity contribution in [2.24, 2.45) is 11.8 Å². The quantitative estimate of drug-likeness (QED) is 0.0962. The second-order valence-electron chi connectivity index (χ2n) is 13.6. The third kappa shape index (κ3) is 12.7. The van der Waals surface area contributed by atoms with Crippen molar-refractivity contribution in [3.63, 3.8) is 0 Å². The number of hydrogen-bond acceptors (Lipinski definition) is 7. The van der Waals surface area contributed by atoms with Crippen LogP contribution >= 0.6 is 56.7 Å². The van der Waals surface area contributed by atoms with Gasteiger partial charge in [-0.1, -0.05) is 105 Å². The fraction of sp³-hybridized carbons (Fsp3) is 0.522. The Kier molecular flexibility index (Phi) is 21.0. The molecule has 0 aliphatic carbocycles. The summed E-state index contributed by atoms with van der Waals surface area (Å²) < 4.78 is 21.7. The van der Waals surface area contributed by atoms with Gasteiger partial charge in [0.15, 0.2) is 0 Å². The molecule has 2 nitrogen and oxygen atoms in total. The third-order valence-electron chi connectivity index (χ3n) is 9.19. The predicted octanol–water partition coefficient (Wildman–Crippen LogP) is 18.1. The van der Waals surface area contributed by atoms with Crippen LogP contribution in [0.4, 0.5) is 0 Å². The standard InChI is InChI=1S/C28H42O2S2.C10H8S3.C6H10.2CH4/c1-7-11-13-21(9-3)17-29-25-23-15-19(5)32-28(23)26(24-16-20(6)31-27(24)25)30-18-22(10-4)14-12-8-2;1-5-3-7-9(11-5)10-8(13-7)4-6(2)12-10;1-3-5-6-4-2;;/h15-16,21-22H,7-14,17-18H2,1-6H3;3-4H,1-2H3;3-6H,1-2H3;2*1H4. The first-order valence-corrected chi connectivity index (χ1v) is 23.1. The fourth-order valence-electron chi connectivity index (χ4n) is 6.22. The maximum absolute atomic E-state index is 6.63. The molecule has 6 rings (SSSR count). The van der Waals surface area contributed by atoms with Gasteiger partial charge in [0, 0.05) is 39.7 Å². The molecule has 0 fully saturated rings. The van der Waals surface area contributed by atoms with Gasteiger partial charge in [0.05, 0.1) is 32.0 Å². The predicted molar refractivity (Wildman–Crippen MR) is 252 cm³/mol. The molecule has 294 valence electrons. The Hall–Kier alpha value is -2.16. The average molecular weight is 813 g/mol. The summed E-state index contributed by atoms with van der Waals surface area (Å²) in [6.07, 6.45) is 17.9. The molecule has 0 spiro atoms. The van der Waals surface area contributed by atoms with Crippen LogP contribution in [0.2, 0.25) is 0 Å². The van der Waals surface area contributed by atoms with Crippen LogP contribution in [0.1, 0.15) is 127 Å². The van der Waals surface area contributed by atoms with Crippen molar-refractivity contribution in [1.82, 2.24) is 0 Å². The Labute approximate surface area is 343 Å². The lowest BCUT2D eigenvalue weighted by Gasteiger charge is -2.19. The molecule has 0 amide bonds. The second-order valence-corrected chi connectivity index (χ2v) is 19.7. The lowest BCUT2D eigenvalue weighted by atomic mass is 10.0. The Morgan fingerprint density at radius 3 is 1.23 bits per heavy atom. The third-order valence-corrected chi connectivity index (χ3v) is 14.9. The molecule has 6 aromatic rings. The summed E-state index contributed by atoms with van der Waals surface area (Å²) in [5.74, 6) is 3.41. The van der Waals surface area contributed by atoms with Gasteiger partial charge in [0.2, 0.25) is 0 Å². The zero-order chi connectivity index (χ0) is 36.9. The number of thiophene rings is 5. The first kappa shape index (κ1) is 47.0. The highest BCUT2D eigenvalue weighted by Gasteiger charge is 2.22. The van der Waals surface area contributed by atoms with E-state index in [1.165, 1.54) is 110 Å². The summed E-state index contributed by atoms with van der Waals surface area (Å²) in [5.41, 5.74) is 0. The largest absolute Gasteiger partial charge is 0.491 e. The van der Waals surface area contributed by atoms with Gasteiger partial charge >= 0.3 is 0 Å². The van der Waals surface area contributed by atoms with E-state index in [4.69, 9.17) is 9.47 Å². The van der Waals surface area contributed by atoms with Crippen molar-refractivity contribution in [3.8, 4) is 11.5 Å². The molecule has 1 aromatic carbocycles. The molecular weight excluding hydrogens is 745 g/mol. The highest BCUT2D eigenvalue weighted by molar-refractivity contribution is 7.38. The number of benzene rings is 1. The first-order chi connectivity index (χ1) is 24.7. The molecule has 0 saturated carbocycles. The van der Waals surface area contributed by atoms with E-state index in [0.29, 0.717) is 11.8 Å². The fourth-order valence-corrected chi connectivity index (χ4v) is 12.1. The minimum atomic E-state index is 0. The van der Waals surface area contributed by atoms with Crippen LogP contribution in [0.25, 0.3) is 39.0 Å². The van der Waals surface area contributed by atoms with Crippen LogP contribution in [0.5, 0.6) is 11.5 Å². The summed E-state index contributed by atoms with van der Waals surface area (Å²) >= 11 is 9.46. The highest BCUT2D eigenvalue weighted by atomic mass is 32.1. The van der Waals surface area contributed by atoms with Crippen molar-refractivity contribution in [1.29, 1.82) is 0 Å². The molecule has 7 heteroatoms. The SMILES string of the molecule is C.C.CC=CC=CC.CCCCC(CC)COc1c2cc(C)sc2c(OCC(CC)CCCC)c2cc(C)sc12.Cc1cc2sc3cc(C)sc3c2s1. The van der Waals surface area contributed by atoms with E-state index in [-0.39, 0.29) is 14.9 Å². The van der Waals surface area contributed by atoms with Crippen LogP contribution < -0.4 is 9.47 Å².